The Morgan fingerprint density at radius 3 is 2.15 bits per heavy atom. The van der Waals surface area contributed by atoms with Crippen LogP contribution in [0.5, 0.6) is 0 Å². The third-order valence-electron chi connectivity index (χ3n) is 11.4. The summed E-state index contributed by atoms with van der Waals surface area (Å²) in [6.45, 7) is 0.535. The summed E-state index contributed by atoms with van der Waals surface area (Å²) < 4.78 is 2.05. The molecule has 5 fully saturated rings. The first-order chi connectivity index (χ1) is 19.3. The number of aliphatic carboxylic acids is 1. The molecule has 4 atom stereocenters. The molecule has 0 radical (unpaired) electrons. The SMILES string of the molecule is CN(C)C1(C(=O)O)CN(c2nc3ccccc3n(C3CC4CCCC(C3)N4C3CC4CCCCC(C4)C3)c2=O)C1. The monoisotopic (exact) mass is 547 g/mol. The average molecular weight is 548 g/mol. The molecule has 216 valence electrons. The first-order valence-corrected chi connectivity index (χ1v) is 15.8. The van der Waals surface area contributed by atoms with Gasteiger partial charge in [0.25, 0.3) is 5.56 Å². The van der Waals surface area contributed by atoms with Gasteiger partial charge in [0.1, 0.15) is 0 Å². The minimum Gasteiger partial charge on any atom is -0.480 e. The number of benzene rings is 1. The molecular weight excluding hydrogens is 502 g/mol. The molecule has 40 heavy (non-hydrogen) atoms. The Morgan fingerprint density at radius 2 is 1.52 bits per heavy atom. The summed E-state index contributed by atoms with van der Waals surface area (Å²) in [5.41, 5.74) is 0.689. The van der Waals surface area contributed by atoms with Crippen LogP contribution in [-0.4, -0.2) is 81.3 Å². The Labute approximate surface area is 237 Å². The van der Waals surface area contributed by atoms with Crippen LogP contribution in [0.25, 0.3) is 11.0 Å². The van der Waals surface area contributed by atoms with Crippen molar-refractivity contribution >= 4 is 22.8 Å². The summed E-state index contributed by atoms with van der Waals surface area (Å²) in [5, 5.41) is 9.93. The zero-order chi connectivity index (χ0) is 27.6. The van der Waals surface area contributed by atoms with Gasteiger partial charge in [-0.25, -0.2) is 4.98 Å². The molecule has 3 aliphatic heterocycles. The van der Waals surface area contributed by atoms with Gasteiger partial charge in [-0.05, 0) is 83.0 Å². The highest BCUT2D eigenvalue weighted by molar-refractivity contribution is 5.84. The van der Waals surface area contributed by atoms with Gasteiger partial charge in [0.05, 0.1) is 24.1 Å². The van der Waals surface area contributed by atoms with Crippen molar-refractivity contribution in [3.05, 3.63) is 34.6 Å². The number of aromatic nitrogens is 2. The fourth-order valence-corrected chi connectivity index (χ4v) is 9.36. The van der Waals surface area contributed by atoms with E-state index < -0.39 is 11.5 Å². The Morgan fingerprint density at radius 1 is 0.875 bits per heavy atom. The molecule has 8 nitrogen and oxygen atoms in total. The molecule has 4 unspecified atom stereocenters. The summed E-state index contributed by atoms with van der Waals surface area (Å²) in [5.74, 6) is 1.38. The number of nitrogens with zero attached hydrogens (tertiary/aromatic N) is 5. The van der Waals surface area contributed by atoms with E-state index in [1.54, 1.807) is 19.0 Å². The molecule has 5 aliphatic rings. The predicted octanol–water partition coefficient (Wildman–Crippen LogP) is 4.52. The van der Waals surface area contributed by atoms with Crippen molar-refractivity contribution in [1.29, 1.82) is 0 Å². The van der Waals surface area contributed by atoms with Gasteiger partial charge in [-0.1, -0.05) is 44.2 Å². The molecular formula is C32H45N5O3. The molecule has 2 saturated carbocycles. The number of rotatable bonds is 5. The van der Waals surface area contributed by atoms with Crippen LogP contribution in [0, 0.1) is 11.8 Å². The molecule has 0 amide bonds. The topological polar surface area (TPSA) is 81.9 Å². The molecule has 4 bridgehead atoms. The van der Waals surface area contributed by atoms with E-state index >= 15 is 0 Å². The third-order valence-corrected chi connectivity index (χ3v) is 11.4. The highest BCUT2D eigenvalue weighted by atomic mass is 16.4. The first kappa shape index (κ1) is 26.4. The van der Waals surface area contributed by atoms with Crippen molar-refractivity contribution in [2.75, 3.05) is 32.1 Å². The van der Waals surface area contributed by atoms with E-state index in [0.29, 0.717) is 17.9 Å². The number of carbonyl (C=O) groups is 1. The summed E-state index contributed by atoms with van der Waals surface area (Å²) in [6.07, 6.45) is 15.7. The molecule has 8 heteroatoms. The fraction of sp³-hybridized carbons (Fsp3) is 0.719. The number of anilines is 1. The van der Waals surface area contributed by atoms with Gasteiger partial charge in [-0.2, -0.15) is 0 Å². The molecule has 1 aromatic heterocycles. The predicted molar refractivity (Wildman–Crippen MR) is 157 cm³/mol. The minimum atomic E-state index is -0.982. The second-order valence-electron chi connectivity index (χ2n) is 13.9. The summed E-state index contributed by atoms with van der Waals surface area (Å²) >= 11 is 0. The zero-order valence-corrected chi connectivity index (χ0v) is 24.2. The van der Waals surface area contributed by atoms with Gasteiger partial charge in [0.2, 0.25) is 0 Å². The molecule has 0 spiro atoms. The standard InChI is InChI=1S/C32H45N5O3/c1-34(2)32(31(39)40)19-35(20-32)29-30(38)37(28-13-6-5-12-27(28)33-29)26-17-23-10-7-11-24(18-26)36(23)25-15-21-8-3-4-9-22(14-21)16-25/h5-6,12-13,21-26H,3-4,7-11,14-20H2,1-2H3,(H,39,40). The maximum atomic E-state index is 14.2. The van der Waals surface area contributed by atoms with Crippen molar-refractivity contribution < 1.29 is 9.90 Å². The van der Waals surface area contributed by atoms with E-state index in [4.69, 9.17) is 4.98 Å². The van der Waals surface area contributed by atoms with Crippen molar-refractivity contribution in [3.63, 3.8) is 0 Å². The number of para-hydroxylation sites is 2. The van der Waals surface area contributed by atoms with Crippen molar-refractivity contribution in [3.8, 4) is 0 Å². The van der Waals surface area contributed by atoms with Crippen LogP contribution in [0.15, 0.2) is 29.1 Å². The van der Waals surface area contributed by atoms with E-state index in [-0.39, 0.29) is 24.7 Å². The van der Waals surface area contributed by atoms with Crippen LogP contribution < -0.4 is 10.5 Å². The molecule has 4 heterocycles. The smallest absolute Gasteiger partial charge is 0.327 e. The lowest BCUT2D eigenvalue weighted by Gasteiger charge is -2.55. The molecule has 2 aromatic rings. The minimum absolute atomic E-state index is 0.0587. The second-order valence-corrected chi connectivity index (χ2v) is 13.9. The van der Waals surface area contributed by atoms with Crippen molar-refractivity contribution in [2.45, 2.75) is 107 Å². The lowest BCUT2D eigenvalue weighted by molar-refractivity contribution is -0.151. The van der Waals surface area contributed by atoms with Crippen LogP contribution in [0.3, 0.4) is 0 Å². The van der Waals surface area contributed by atoms with Gasteiger partial charge in [-0.15, -0.1) is 0 Å². The van der Waals surface area contributed by atoms with Crippen LogP contribution in [0.4, 0.5) is 5.82 Å². The van der Waals surface area contributed by atoms with E-state index in [1.807, 2.05) is 29.2 Å². The van der Waals surface area contributed by atoms with Crippen LogP contribution >= 0.6 is 0 Å². The van der Waals surface area contributed by atoms with E-state index in [0.717, 1.165) is 41.8 Å². The maximum Gasteiger partial charge on any atom is 0.327 e. The van der Waals surface area contributed by atoms with Crippen molar-refractivity contribution in [2.24, 2.45) is 11.8 Å². The largest absolute Gasteiger partial charge is 0.480 e. The summed E-state index contributed by atoms with van der Waals surface area (Å²) in [7, 11) is 3.59. The van der Waals surface area contributed by atoms with Gasteiger partial charge >= 0.3 is 5.97 Å². The van der Waals surface area contributed by atoms with E-state index in [9.17, 15) is 14.7 Å². The Balaban J connectivity index is 1.20. The van der Waals surface area contributed by atoms with Gasteiger partial charge in [0, 0.05) is 24.2 Å². The Hall–Kier alpha value is -2.45. The number of fused-ring (bicyclic) bond motifs is 5. The maximum absolute atomic E-state index is 14.2. The van der Waals surface area contributed by atoms with Crippen molar-refractivity contribution in [1.82, 2.24) is 19.4 Å². The quantitative estimate of drug-likeness (QED) is 0.590. The first-order valence-electron chi connectivity index (χ1n) is 15.8. The molecule has 7 rings (SSSR count). The number of hydrogen-bond acceptors (Lipinski definition) is 6. The average Bonchev–Trinajstić information content (AvgIpc) is 3.06. The van der Waals surface area contributed by atoms with Gasteiger partial charge in [0.15, 0.2) is 11.4 Å². The molecule has 1 N–H and O–H groups in total. The lowest BCUT2D eigenvalue weighted by Crippen LogP contribution is -2.73. The Kier molecular flexibility index (Phi) is 6.69. The summed E-state index contributed by atoms with van der Waals surface area (Å²) in [4.78, 5) is 37.7. The van der Waals surface area contributed by atoms with Crippen LogP contribution in [0.1, 0.15) is 83.1 Å². The van der Waals surface area contributed by atoms with Crippen LogP contribution in [-0.2, 0) is 4.79 Å². The van der Waals surface area contributed by atoms with Crippen LogP contribution in [0.2, 0.25) is 0 Å². The normalized spacial score (nSPS) is 33.9. The number of carboxylic acid groups (broad SMARTS) is 1. The molecule has 1 aromatic carbocycles. The number of carboxylic acids is 1. The summed E-state index contributed by atoms with van der Waals surface area (Å²) in [6, 6.07) is 9.97. The van der Waals surface area contributed by atoms with Gasteiger partial charge in [-0.3, -0.25) is 19.4 Å². The lowest BCUT2D eigenvalue weighted by atomic mass is 9.73. The van der Waals surface area contributed by atoms with Gasteiger partial charge < -0.3 is 14.6 Å². The fourth-order valence-electron chi connectivity index (χ4n) is 9.36. The number of hydrogen-bond donors (Lipinski definition) is 1. The third kappa shape index (κ3) is 4.28. The second kappa shape index (κ2) is 10.1. The molecule has 2 aliphatic carbocycles. The van der Waals surface area contributed by atoms with E-state index in [2.05, 4.69) is 9.47 Å². The highest BCUT2D eigenvalue weighted by Gasteiger charge is 2.53. The Bertz CT molecular complexity index is 1310. The molecule has 3 saturated heterocycles. The number of likely N-dealkylation sites (N-methyl/N-ethyl adjacent to an activating group) is 1. The van der Waals surface area contributed by atoms with E-state index in [1.165, 1.54) is 64.2 Å². The zero-order valence-electron chi connectivity index (χ0n) is 24.2. The number of piperidine rings is 2. The highest BCUT2D eigenvalue weighted by Crippen LogP contribution is 2.47.